The van der Waals surface area contributed by atoms with E-state index in [1.165, 1.54) is 34.4 Å². The fourth-order valence-electron chi connectivity index (χ4n) is 2.47. The highest BCUT2D eigenvalue weighted by Gasteiger charge is 2.08. The minimum absolute atomic E-state index is 0.215. The minimum Gasteiger partial charge on any atom is -0.350 e. The molecule has 0 fully saturated rings. The van der Waals surface area contributed by atoms with Crippen molar-refractivity contribution in [2.45, 2.75) is 27.2 Å². The van der Waals surface area contributed by atoms with Gasteiger partial charge in [0.15, 0.2) is 0 Å². The molecule has 0 radical (unpaired) electrons. The van der Waals surface area contributed by atoms with Crippen LogP contribution in [0.3, 0.4) is 0 Å². The largest absolute Gasteiger partial charge is 0.350 e. The summed E-state index contributed by atoms with van der Waals surface area (Å²) in [6.07, 6.45) is 0.771. The van der Waals surface area contributed by atoms with Crippen molar-refractivity contribution >= 4 is 5.91 Å². The quantitative estimate of drug-likeness (QED) is 0.897. The van der Waals surface area contributed by atoms with Gasteiger partial charge in [0, 0.05) is 12.6 Å². The Kier molecular flexibility index (Phi) is 4.52. The van der Waals surface area contributed by atoms with Crippen molar-refractivity contribution in [2.75, 3.05) is 6.54 Å². The van der Waals surface area contributed by atoms with Crippen LogP contribution in [0.25, 0.3) is 0 Å². The molecular formula is C16H19N3O2. The number of aryl methyl sites for hydroxylation is 3. The summed E-state index contributed by atoms with van der Waals surface area (Å²) in [5, 5.41) is 8.76. The molecule has 0 saturated carbocycles. The van der Waals surface area contributed by atoms with Crippen molar-refractivity contribution < 1.29 is 4.79 Å². The summed E-state index contributed by atoms with van der Waals surface area (Å²) in [5.74, 6) is -0.284. The van der Waals surface area contributed by atoms with Crippen molar-refractivity contribution in [1.29, 1.82) is 0 Å². The zero-order chi connectivity index (χ0) is 15.4. The molecule has 5 nitrogen and oxygen atoms in total. The van der Waals surface area contributed by atoms with Crippen LogP contribution in [0.5, 0.6) is 0 Å². The lowest BCUT2D eigenvalue weighted by molar-refractivity contribution is 0.0948. The lowest BCUT2D eigenvalue weighted by atomic mass is 9.97. The zero-order valence-electron chi connectivity index (χ0n) is 12.5. The molecule has 1 aromatic heterocycles. The predicted molar refractivity (Wildman–Crippen MR) is 81.5 cm³/mol. The van der Waals surface area contributed by atoms with E-state index in [2.05, 4.69) is 48.4 Å². The molecule has 21 heavy (non-hydrogen) atoms. The number of carbonyl (C=O) groups is 1. The lowest BCUT2D eigenvalue weighted by Crippen LogP contribution is -2.28. The Morgan fingerprint density at radius 3 is 2.43 bits per heavy atom. The monoisotopic (exact) mass is 285 g/mol. The molecule has 0 aliphatic carbocycles. The molecule has 1 aromatic carbocycles. The molecule has 0 unspecified atom stereocenters. The van der Waals surface area contributed by atoms with Crippen molar-refractivity contribution in [2.24, 2.45) is 0 Å². The van der Waals surface area contributed by atoms with Crippen LogP contribution in [0, 0.1) is 20.8 Å². The van der Waals surface area contributed by atoms with Gasteiger partial charge < -0.3 is 5.32 Å². The summed E-state index contributed by atoms with van der Waals surface area (Å²) in [6, 6.07) is 6.99. The molecule has 110 valence electrons. The standard InChI is InChI=1S/C16H19N3O2/c1-10-8-11(2)13(12(3)9-10)6-7-17-16(21)14-4-5-15(20)19-18-14/h4-5,8-9H,6-7H2,1-3H3,(H,17,21)(H,19,20). The average molecular weight is 285 g/mol. The fourth-order valence-corrected chi connectivity index (χ4v) is 2.47. The van der Waals surface area contributed by atoms with Crippen LogP contribution in [0.1, 0.15) is 32.7 Å². The van der Waals surface area contributed by atoms with E-state index in [1.807, 2.05) is 0 Å². The molecule has 0 aliphatic heterocycles. The van der Waals surface area contributed by atoms with Gasteiger partial charge in [0.25, 0.3) is 11.5 Å². The third kappa shape index (κ3) is 3.78. The molecule has 2 N–H and O–H groups in total. The molecule has 1 amide bonds. The van der Waals surface area contributed by atoms with Gasteiger partial charge in [-0.3, -0.25) is 9.59 Å². The Labute approximate surface area is 123 Å². The number of aromatic nitrogens is 2. The van der Waals surface area contributed by atoms with E-state index in [-0.39, 0.29) is 17.2 Å². The fraction of sp³-hybridized carbons (Fsp3) is 0.312. The van der Waals surface area contributed by atoms with Crippen LogP contribution in [0.15, 0.2) is 29.1 Å². The second kappa shape index (κ2) is 6.35. The summed E-state index contributed by atoms with van der Waals surface area (Å²) >= 11 is 0. The Hall–Kier alpha value is -2.43. The van der Waals surface area contributed by atoms with Crippen LogP contribution in [0.2, 0.25) is 0 Å². The number of aromatic amines is 1. The number of carbonyl (C=O) groups excluding carboxylic acids is 1. The number of H-pyrrole nitrogens is 1. The van der Waals surface area contributed by atoms with Crippen molar-refractivity contribution in [3.63, 3.8) is 0 Å². The number of nitrogens with one attached hydrogen (secondary N) is 2. The maximum atomic E-state index is 11.9. The topological polar surface area (TPSA) is 74.8 Å². The van der Waals surface area contributed by atoms with E-state index < -0.39 is 0 Å². The molecule has 1 heterocycles. The Morgan fingerprint density at radius 2 is 1.86 bits per heavy atom. The normalized spacial score (nSPS) is 10.4. The minimum atomic E-state index is -0.322. The summed E-state index contributed by atoms with van der Waals surface area (Å²) in [7, 11) is 0. The second-order valence-corrected chi connectivity index (χ2v) is 5.19. The number of hydrogen-bond acceptors (Lipinski definition) is 3. The number of rotatable bonds is 4. The molecule has 5 heteroatoms. The smallest absolute Gasteiger partial charge is 0.271 e. The zero-order valence-corrected chi connectivity index (χ0v) is 12.5. The molecule has 0 bridgehead atoms. The molecule has 0 atom stereocenters. The summed E-state index contributed by atoms with van der Waals surface area (Å²) in [6.45, 7) is 6.78. The SMILES string of the molecule is Cc1cc(C)c(CCNC(=O)c2ccc(=O)[nH]n2)c(C)c1. The van der Waals surface area contributed by atoms with Crippen molar-refractivity contribution in [1.82, 2.24) is 15.5 Å². The number of benzene rings is 1. The first kappa shape index (κ1) is 15.0. The van der Waals surface area contributed by atoms with E-state index in [9.17, 15) is 9.59 Å². The maximum Gasteiger partial charge on any atom is 0.271 e. The first-order chi connectivity index (χ1) is 9.97. The van der Waals surface area contributed by atoms with Crippen LogP contribution >= 0.6 is 0 Å². The van der Waals surface area contributed by atoms with Gasteiger partial charge in [-0.25, -0.2) is 5.10 Å². The molecular weight excluding hydrogens is 266 g/mol. The molecule has 0 saturated heterocycles. The van der Waals surface area contributed by atoms with Crippen LogP contribution in [-0.2, 0) is 6.42 Å². The van der Waals surface area contributed by atoms with E-state index in [1.54, 1.807) is 0 Å². The lowest BCUT2D eigenvalue weighted by Gasteiger charge is -2.11. The van der Waals surface area contributed by atoms with Crippen LogP contribution < -0.4 is 10.9 Å². The highest BCUT2D eigenvalue weighted by Crippen LogP contribution is 2.16. The van der Waals surface area contributed by atoms with Gasteiger partial charge in [0.1, 0.15) is 5.69 Å². The first-order valence-electron chi connectivity index (χ1n) is 6.88. The van der Waals surface area contributed by atoms with Crippen LogP contribution in [-0.4, -0.2) is 22.6 Å². The van der Waals surface area contributed by atoms with Crippen molar-refractivity contribution in [3.05, 3.63) is 62.6 Å². The molecule has 2 aromatic rings. The van der Waals surface area contributed by atoms with E-state index >= 15 is 0 Å². The Morgan fingerprint density at radius 1 is 1.19 bits per heavy atom. The number of amides is 1. The number of nitrogens with zero attached hydrogens (tertiary/aromatic N) is 1. The van der Waals surface area contributed by atoms with E-state index in [0.29, 0.717) is 6.54 Å². The molecule has 0 spiro atoms. The highest BCUT2D eigenvalue weighted by molar-refractivity contribution is 5.91. The summed E-state index contributed by atoms with van der Waals surface area (Å²) < 4.78 is 0. The number of hydrogen-bond donors (Lipinski definition) is 2. The summed E-state index contributed by atoms with van der Waals surface area (Å²) in [5.41, 5.74) is 4.88. The van der Waals surface area contributed by atoms with Gasteiger partial charge in [-0.15, -0.1) is 0 Å². The highest BCUT2D eigenvalue weighted by atomic mass is 16.2. The predicted octanol–water partition coefficient (Wildman–Crippen LogP) is 1.67. The maximum absolute atomic E-state index is 11.9. The van der Waals surface area contributed by atoms with Gasteiger partial charge >= 0.3 is 0 Å². The second-order valence-electron chi connectivity index (χ2n) is 5.19. The van der Waals surface area contributed by atoms with Gasteiger partial charge in [0.05, 0.1) is 0 Å². The van der Waals surface area contributed by atoms with Crippen LogP contribution in [0.4, 0.5) is 0 Å². The summed E-state index contributed by atoms with van der Waals surface area (Å²) in [4.78, 5) is 22.8. The van der Waals surface area contributed by atoms with Gasteiger partial charge in [0.2, 0.25) is 0 Å². The third-order valence-corrected chi connectivity index (χ3v) is 3.41. The Bertz CT molecular complexity index is 676. The van der Waals surface area contributed by atoms with Gasteiger partial charge in [-0.2, -0.15) is 5.10 Å². The Balaban J connectivity index is 1.97. The van der Waals surface area contributed by atoms with Gasteiger partial charge in [-0.05, 0) is 49.9 Å². The van der Waals surface area contributed by atoms with Crippen molar-refractivity contribution in [3.8, 4) is 0 Å². The first-order valence-corrected chi connectivity index (χ1v) is 6.88. The molecule has 2 rings (SSSR count). The van der Waals surface area contributed by atoms with Gasteiger partial charge in [-0.1, -0.05) is 17.7 Å². The van der Waals surface area contributed by atoms with E-state index in [0.717, 1.165) is 6.42 Å². The third-order valence-electron chi connectivity index (χ3n) is 3.41. The molecule has 0 aliphatic rings. The van der Waals surface area contributed by atoms with E-state index in [4.69, 9.17) is 0 Å². The average Bonchev–Trinajstić information content (AvgIpc) is 2.42.